The largest absolute Gasteiger partial charge is 0.287 e. The van der Waals surface area contributed by atoms with Gasteiger partial charge in [0.25, 0.3) is 0 Å². The lowest BCUT2D eigenvalue weighted by atomic mass is 10.0. The molecule has 4 aromatic rings. The van der Waals surface area contributed by atoms with E-state index < -0.39 is 11.6 Å². The Kier molecular flexibility index (Phi) is 5.83. The Balaban J connectivity index is 0.00000210. The number of benzene rings is 2. The summed E-state index contributed by atoms with van der Waals surface area (Å²) in [7, 11) is 0. The number of aromatic nitrogens is 3. The van der Waals surface area contributed by atoms with Gasteiger partial charge in [-0.15, -0.1) is 22.6 Å². The van der Waals surface area contributed by atoms with Crippen molar-refractivity contribution in [1.29, 1.82) is 0 Å². The SMILES string of the molecule is Cc1cc(Br)ccc1-c1cc(Sc2ccc(F)cc2F)cn2cnnc12.Cl. The van der Waals surface area contributed by atoms with Crippen molar-refractivity contribution in [1.82, 2.24) is 14.6 Å². The van der Waals surface area contributed by atoms with Crippen LogP contribution in [0, 0.1) is 18.6 Å². The van der Waals surface area contributed by atoms with Gasteiger partial charge in [0.2, 0.25) is 0 Å². The highest BCUT2D eigenvalue weighted by Gasteiger charge is 2.13. The molecule has 0 aliphatic carbocycles. The molecule has 27 heavy (non-hydrogen) atoms. The van der Waals surface area contributed by atoms with Gasteiger partial charge >= 0.3 is 0 Å². The zero-order valence-corrected chi connectivity index (χ0v) is 17.2. The van der Waals surface area contributed by atoms with Crippen molar-refractivity contribution in [2.24, 2.45) is 0 Å². The lowest BCUT2D eigenvalue weighted by Gasteiger charge is -2.11. The van der Waals surface area contributed by atoms with E-state index >= 15 is 0 Å². The molecule has 0 unspecified atom stereocenters. The third-order valence-electron chi connectivity index (χ3n) is 3.97. The number of halogens is 4. The predicted molar refractivity (Wildman–Crippen MR) is 109 cm³/mol. The summed E-state index contributed by atoms with van der Waals surface area (Å²) in [5.41, 5.74) is 3.73. The molecule has 0 saturated heterocycles. The summed E-state index contributed by atoms with van der Waals surface area (Å²) >= 11 is 4.71. The summed E-state index contributed by atoms with van der Waals surface area (Å²) in [4.78, 5) is 1.16. The number of rotatable bonds is 3. The number of aryl methyl sites for hydroxylation is 1. The number of pyridine rings is 1. The van der Waals surface area contributed by atoms with Crippen LogP contribution in [0.25, 0.3) is 16.8 Å². The van der Waals surface area contributed by atoms with Gasteiger partial charge in [-0.05, 0) is 48.4 Å². The molecule has 0 amide bonds. The van der Waals surface area contributed by atoms with E-state index in [9.17, 15) is 8.78 Å². The normalized spacial score (nSPS) is 10.8. The van der Waals surface area contributed by atoms with E-state index in [0.29, 0.717) is 4.90 Å². The summed E-state index contributed by atoms with van der Waals surface area (Å²) in [6, 6.07) is 11.5. The van der Waals surface area contributed by atoms with Gasteiger partial charge in [0.15, 0.2) is 5.65 Å². The number of hydrogen-bond acceptors (Lipinski definition) is 3. The molecular formula is C19H13BrClF2N3S. The van der Waals surface area contributed by atoms with Crippen molar-refractivity contribution in [3.8, 4) is 11.1 Å². The summed E-state index contributed by atoms with van der Waals surface area (Å²) < 4.78 is 30.0. The van der Waals surface area contributed by atoms with Crippen LogP contribution < -0.4 is 0 Å². The molecule has 0 bridgehead atoms. The maximum atomic E-state index is 14.0. The minimum Gasteiger partial charge on any atom is -0.287 e. The average Bonchev–Trinajstić information content (AvgIpc) is 3.05. The van der Waals surface area contributed by atoms with Gasteiger partial charge in [-0.1, -0.05) is 33.8 Å². The van der Waals surface area contributed by atoms with Crippen molar-refractivity contribution >= 4 is 45.7 Å². The van der Waals surface area contributed by atoms with Gasteiger partial charge < -0.3 is 0 Å². The molecule has 4 rings (SSSR count). The van der Waals surface area contributed by atoms with Gasteiger partial charge in [-0.3, -0.25) is 4.40 Å². The minimum atomic E-state index is -0.590. The Morgan fingerprint density at radius 3 is 2.59 bits per heavy atom. The molecule has 2 aromatic carbocycles. The molecule has 3 nitrogen and oxygen atoms in total. The first kappa shape index (κ1) is 19.8. The second kappa shape index (κ2) is 7.96. The number of hydrogen-bond donors (Lipinski definition) is 0. The summed E-state index contributed by atoms with van der Waals surface area (Å²) in [5.74, 6) is -1.17. The Bertz CT molecular complexity index is 1130. The quantitative estimate of drug-likeness (QED) is 0.352. The molecule has 0 fully saturated rings. The smallest absolute Gasteiger partial charge is 0.168 e. The summed E-state index contributed by atoms with van der Waals surface area (Å²) in [5, 5.41) is 8.19. The maximum absolute atomic E-state index is 14.0. The molecule has 0 spiro atoms. The van der Waals surface area contributed by atoms with E-state index in [0.717, 1.165) is 37.8 Å². The van der Waals surface area contributed by atoms with Gasteiger partial charge in [-0.25, -0.2) is 8.78 Å². The lowest BCUT2D eigenvalue weighted by molar-refractivity contribution is 0.565. The van der Waals surface area contributed by atoms with Crippen LogP contribution in [0.4, 0.5) is 8.78 Å². The van der Waals surface area contributed by atoms with Crippen LogP contribution in [0.3, 0.4) is 0 Å². The van der Waals surface area contributed by atoms with Gasteiger partial charge in [0.05, 0.1) is 0 Å². The third kappa shape index (κ3) is 4.00. The van der Waals surface area contributed by atoms with Crippen LogP contribution in [0.1, 0.15) is 5.56 Å². The number of nitrogens with zero attached hydrogens (tertiary/aromatic N) is 3. The Labute approximate surface area is 173 Å². The molecule has 138 valence electrons. The molecule has 0 radical (unpaired) electrons. The zero-order valence-electron chi connectivity index (χ0n) is 14.0. The van der Waals surface area contributed by atoms with Crippen molar-refractivity contribution in [2.75, 3.05) is 0 Å². The molecule has 0 N–H and O–H groups in total. The van der Waals surface area contributed by atoms with E-state index in [2.05, 4.69) is 26.1 Å². The highest BCUT2D eigenvalue weighted by Crippen LogP contribution is 2.35. The highest BCUT2D eigenvalue weighted by atomic mass is 79.9. The Hall–Kier alpha value is -1.96. The number of fused-ring (bicyclic) bond motifs is 1. The monoisotopic (exact) mass is 467 g/mol. The molecule has 8 heteroatoms. The molecule has 0 aliphatic heterocycles. The topological polar surface area (TPSA) is 30.2 Å². The Morgan fingerprint density at radius 1 is 1.04 bits per heavy atom. The second-order valence-corrected chi connectivity index (χ2v) is 7.82. The van der Waals surface area contributed by atoms with Crippen LogP contribution >= 0.6 is 40.1 Å². The fourth-order valence-electron chi connectivity index (χ4n) is 2.78. The van der Waals surface area contributed by atoms with Crippen LogP contribution in [0.15, 0.2) is 69.3 Å². The molecule has 2 heterocycles. The van der Waals surface area contributed by atoms with E-state index in [1.807, 2.05) is 37.4 Å². The highest BCUT2D eigenvalue weighted by molar-refractivity contribution is 9.10. The lowest BCUT2D eigenvalue weighted by Crippen LogP contribution is -1.92. The van der Waals surface area contributed by atoms with Gasteiger partial charge in [0.1, 0.15) is 18.0 Å². The minimum absolute atomic E-state index is 0. The predicted octanol–water partition coefficient (Wildman–Crippen LogP) is 6.32. The van der Waals surface area contributed by atoms with Gasteiger partial charge in [-0.2, -0.15) is 0 Å². The van der Waals surface area contributed by atoms with Gasteiger partial charge in [0, 0.05) is 32.1 Å². The fourth-order valence-corrected chi connectivity index (χ4v) is 4.14. The molecule has 2 aromatic heterocycles. The zero-order chi connectivity index (χ0) is 18.3. The van der Waals surface area contributed by atoms with E-state index in [4.69, 9.17) is 0 Å². The van der Waals surface area contributed by atoms with Crippen molar-refractivity contribution in [3.05, 3.63) is 76.7 Å². The average molecular weight is 469 g/mol. The fraction of sp³-hybridized carbons (Fsp3) is 0.0526. The van der Waals surface area contributed by atoms with Crippen LogP contribution in [-0.4, -0.2) is 14.6 Å². The van der Waals surface area contributed by atoms with Crippen molar-refractivity contribution in [3.63, 3.8) is 0 Å². The molecule has 0 aliphatic rings. The maximum Gasteiger partial charge on any atom is 0.168 e. The van der Waals surface area contributed by atoms with Crippen LogP contribution in [0.5, 0.6) is 0 Å². The van der Waals surface area contributed by atoms with Crippen LogP contribution in [0.2, 0.25) is 0 Å². The van der Waals surface area contributed by atoms with E-state index in [-0.39, 0.29) is 12.4 Å². The first-order valence-electron chi connectivity index (χ1n) is 7.74. The van der Waals surface area contributed by atoms with Crippen LogP contribution in [-0.2, 0) is 0 Å². The molecule has 0 atom stereocenters. The first-order valence-corrected chi connectivity index (χ1v) is 9.35. The second-order valence-electron chi connectivity index (χ2n) is 5.79. The third-order valence-corrected chi connectivity index (χ3v) is 5.47. The molecule has 0 saturated carbocycles. The summed E-state index contributed by atoms with van der Waals surface area (Å²) in [6.07, 6.45) is 3.44. The standard InChI is InChI=1S/C19H12BrF2N3S.ClH/c1-11-6-12(20)2-4-15(11)16-8-14(9-25-10-23-24-19(16)25)26-18-5-3-13(21)7-17(18)22;/h2-10H,1H3;1H. The van der Waals surface area contributed by atoms with E-state index in [1.54, 1.807) is 10.7 Å². The van der Waals surface area contributed by atoms with E-state index in [1.165, 1.54) is 23.9 Å². The van der Waals surface area contributed by atoms with Crippen molar-refractivity contribution in [2.45, 2.75) is 16.7 Å². The first-order chi connectivity index (χ1) is 12.5. The Morgan fingerprint density at radius 2 is 1.85 bits per heavy atom. The van der Waals surface area contributed by atoms with Crippen molar-refractivity contribution < 1.29 is 8.78 Å². The molecular weight excluding hydrogens is 456 g/mol. The summed E-state index contributed by atoms with van der Waals surface area (Å²) in [6.45, 7) is 2.02.